The van der Waals surface area contributed by atoms with Gasteiger partial charge in [-0.25, -0.2) is 0 Å². The molecule has 22 aromatic rings. The first-order valence-electron chi connectivity index (χ1n) is 49.3. The van der Waals surface area contributed by atoms with E-state index in [9.17, 15) is 0 Å². The van der Waals surface area contributed by atoms with Crippen LogP contribution < -0.4 is 0 Å². The molecule has 0 heterocycles. The molecule has 0 spiro atoms. The summed E-state index contributed by atoms with van der Waals surface area (Å²) < 4.78 is 0. The molecular formula is C131H158. The lowest BCUT2D eigenvalue weighted by molar-refractivity contribution is 1.50. The second kappa shape index (κ2) is 68.8. The van der Waals surface area contributed by atoms with Crippen molar-refractivity contribution < 1.29 is 0 Å². The van der Waals surface area contributed by atoms with Gasteiger partial charge >= 0.3 is 0 Å². The van der Waals surface area contributed by atoms with E-state index in [4.69, 9.17) is 0 Å². The van der Waals surface area contributed by atoms with Gasteiger partial charge in [0.1, 0.15) is 0 Å². The van der Waals surface area contributed by atoms with Gasteiger partial charge < -0.3 is 0 Å². The van der Waals surface area contributed by atoms with E-state index in [1.54, 1.807) is 0 Å². The first-order valence-corrected chi connectivity index (χ1v) is 49.3. The minimum Gasteiger partial charge on any atom is -0.0683 e. The molecule has 0 saturated heterocycles. The molecule has 0 aliphatic carbocycles. The van der Waals surface area contributed by atoms with Crippen LogP contribution in [0.4, 0.5) is 0 Å². The molecule has 0 nitrogen and oxygen atoms in total. The van der Waals surface area contributed by atoms with Crippen LogP contribution in [0.5, 0.6) is 0 Å². The summed E-state index contributed by atoms with van der Waals surface area (Å²) in [6.07, 6.45) is 0. The van der Waals surface area contributed by atoms with Crippen LogP contribution in [0.25, 0.3) is 151 Å². The molecule has 0 atom stereocenters. The molecule has 0 fully saturated rings. The van der Waals surface area contributed by atoms with E-state index in [2.05, 4.69) is 415 Å². The number of rotatable bonds is 0. The monoisotopic (exact) mass is 1730 g/mol. The summed E-state index contributed by atoms with van der Waals surface area (Å²) in [7, 11) is 0. The Morgan fingerprint density at radius 2 is 0.229 bits per heavy atom. The predicted molar refractivity (Wildman–Crippen MR) is 610 cm³/mol. The van der Waals surface area contributed by atoms with Gasteiger partial charge in [-0.15, -0.1) is 0 Å². The molecule has 0 unspecified atom stereocenters. The Kier molecular flexibility index (Phi) is 59.8. The van der Waals surface area contributed by atoms with Crippen molar-refractivity contribution in [3.63, 3.8) is 0 Å². The third kappa shape index (κ3) is 32.4. The summed E-state index contributed by atoms with van der Waals surface area (Å²) in [4.78, 5) is 0. The van der Waals surface area contributed by atoms with Gasteiger partial charge in [-0.2, -0.15) is 0 Å². The van der Waals surface area contributed by atoms with E-state index in [0.717, 1.165) is 0 Å². The molecule has 682 valence electrons. The van der Waals surface area contributed by atoms with Crippen LogP contribution >= 0.6 is 0 Å². The third-order valence-corrected chi connectivity index (χ3v) is 20.2. The van der Waals surface area contributed by atoms with Crippen LogP contribution in [0.3, 0.4) is 0 Å². The van der Waals surface area contributed by atoms with Gasteiger partial charge in [0, 0.05) is 0 Å². The topological polar surface area (TPSA) is 0 Å². The summed E-state index contributed by atoms with van der Waals surface area (Å²) in [6.45, 7) is 58.6. The predicted octanol–water partition coefficient (Wildman–Crippen LogP) is 43.3. The number of benzene rings is 22. The summed E-state index contributed by atoms with van der Waals surface area (Å²) in [5.74, 6) is 0. The first kappa shape index (κ1) is 114. The van der Waals surface area contributed by atoms with Crippen LogP contribution in [0.15, 0.2) is 431 Å². The molecule has 0 N–H and O–H groups in total. The van der Waals surface area contributed by atoms with Crippen molar-refractivity contribution in [3.05, 3.63) is 447 Å². The smallest absolute Gasteiger partial charge is 0.00268 e. The van der Waals surface area contributed by atoms with Gasteiger partial charge in [0.25, 0.3) is 0 Å². The summed E-state index contributed by atoms with van der Waals surface area (Å²) in [6, 6.07) is 151. The Morgan fingerprint density at radius 3 is 0.443 bits per heavy atom. The van der Waals surface area contributed by atoms with E-state index >= 15 is 0 Å². The second-order valence-electron chi connectivity index (χ2n) is 26.6. The first-order chi connectivity index (χ1) is 64.9. The highest BCUT2D eigenvalue weighted by Gasteiger charge is 2.10. The number of aryl methyl sites for hydroxylation is 3. The molecule has 131 heavy (non-hydrogen) atoms. The summed E-state index contributed by atoms with van der Waals surface area (Å²) in [5.41, 5.74) is 4.15. The lowest BCUT2D eigenvalue weighted by Crippen LogP contribution is -1.87. The Bertz CT molecular complexity index is 6040. The summed E-state index contributed by atoms with van der Waals surface area (Å²) >= 11 is 0. The van der Waals surface area contributed by atoms with E-state index in [0.29, 0.717) is 0 Å². The maximum absolute atomic E-state index is 2.26. The van der Waals surface area contributed by atoms with E-state index in [-0.39, 0.29) is 0 Å². The maximum Gasteiger partial charge on any atom is -0.00268 e. The Morgan fingerprint density at radius 1 is 0.0916 bits per heavy atom. The Labute approximate surface area is 793 Å². The van der Waals surface area contributed by atoms with Gasteiger partial charge in [0.2, 0.25) is 0 Å². The normalized spacial score (nSPS) is 9.26. The molecule has 0 radical (unpaired) electrons. The van der Waals surface area contributed by atoms with Crippen molar-refractivity contribution in [1.82, 2.24) is 0 Å². The molecule has 0 aliphatic heterocycles. The Balaban J connectivity index is 0.000000493. The van der Waals surface area contributed by atoms with Crippen molar-refractivity contribution in [2.75, 3.05) is 0 Å². The third-order valence-electron chi connectivity index (χ3n) is 20.2. The molecule has 0 bridgehead atoms. The zero-order chi connectivity index (χ0) is 97.1. The fourth-order valence-corrected chi connectivity index (χ4v) is 14.9. The quantitative estimate of drug-likeness (QED) is 0.105. The van der Waals surface area contributed by atoms with Crippen LogP contribution in [0.2, 0.25) is 0 Å². The zero-order valence-corrected chi connectivity index (χ0v) is 85.5. The highest BCUT2D eigenvalue weighted by molar-refractivity contribution is 6.23. The SMILES string of the molecule is CC.CC.CC.CC.CC.CC.CC.CC.CC.CC.CC.CC.CC.Cc1c2ccccc2c(C)c2ccccc12.Cc1c2ccccc2cc2ccccc12.c1cc2ccc3cccc4ccc(c1)c2c34.c1ccc2c(c1)ccc1c3ccccc3ccc21.c1ccc2c(c1)ccc1ccccc12.c1ccc2ccccc2c1.c1ccc2ccccc2c1.c1ccccc1. The molecule has 0 saturated carbocycles. The van der Waals surface area contributed by atoms with Crippen molar-refractivity contribution >= 4 is 151 Å². The van der Waals surface area contributed by atoms with Crippen molar-refractivity contribution in [2.45, 2.75) is 201 Å². The van der Waals surface area contributed by atoms with Gasteiger partial charge in [-0.1, -0.05) is 605 Å². The maximum atomic E-state index is 2.26. The highest BCUT2D eigenvalue weighted by Crippen LogP contribution is 2.36. The fraction of sp³-hybridized carbons (Fsp3) is 0.221. The second-order valence-corrected chi connectivity index (χ2v) is 26.6. The molecule has 0 aliphatic rings. The van der Waals surface area contributed by atoms with Crippen LogP contribution in [-0.2, 0) is 0 Å². The molecule has 22 rings (SSSR count). The lowest BCUT2D eigenvalue weighted by atomic mass is 9.93. The van der Waals surface area contributed by atoms with Gasteiger partial charge in [0.05, 0.1) is 0 Å². The van der Waals surface area contributed by atoms with Gasteiger partial charge in [0.15, 0.2) is 0 Å². The van der Waals surface area contributed by atoms with Gasteiger partial charge in [-0.3, -0.25) is 0 Å². The molecule has 0 amide bonds. The summed E-state index contributed by atoms with van der Waals surface area (Å²) in [5, 5.41) is 37.5. The van der Waals surface area contributed by atoms with E-state index in [1.165, 1.54) is 168 Å². The average Bonchev–Trinajstić information content (AvgIpc) is 0.751. The van der Waals surface area contributed by atoms with Crippen LogP contribution in [0.1, 0.15) is 197 Å². The largest absolute Gasteiger partial charge is 0.0683 e. The molecule has 0 heteroatoms. The number of fused-ring (bicyclic) bond motifs is 14. The fourth-order valence-electron chi connectivity index (χ4n) is 14.9. The highest BCUT2D eigenvalue weighted by atomic mass is 14.1. The van der Waals surface area contributed by atoms with Gasteiger partial charge in [-0.05, 0) is 194 Å². The van der Waals surface area contributed by atoms with E-state index < -0.39 is 0 Å². The van der Waals surface area contributed by atoms with E-state index in [1.807, 2.05) is 216 Å². The zero-order valence-electron chi connectivity index (χ0n) is 85.5. The minimum atomic E-state index is 1.31. The van der Waals surface area contributed by atoms with Crippen molar-refractivity contribution in [2.24, 2.45) is 0 Å². The van der Waals surface area contributed by atoms with Crippen LogP contribution in [0, 0.1) is 20.8 Å². The Hall–Kier alpha value is -13.3. The standard InChI is InChI=1S/C18H12.C16H10.C16H14.C15H12.C14H10.2C10H8.C6H6.13C2H6/c1-3-7-15-13(5-1)9-11-18-16-8-4-2-6-14(16)10-12-17(15)18;1-3-11-7-9-13-5-2-6-14-10-8-12(4-1)15(11)16(13)14;1-11-13-7-3-5-9-15(13)12(2)16-10-6-4-8-14(11)16;1-11-14-8-4-2-6-12(14)10-13-7-3-5-9-15(11)13;1-3-7-13-11(5-1)9-10-12-6-2-4-8-14(12)13;2*1-2-6-10-8-4-3-7-9(10)5-1;1-2-4-6-5-3-1;13*1-2/h1-12H;1-10H;3-10H,1-2H3;2-10H,1H3;1-10H;2*1-8H;1-6H;13*1-2H3. The lowest BCUT2D eigenvalue weighted by Gasteiger charge is -2.11. The van der Waals surface area contributed by atoms with Crippen molar-refractivity contribution in [3.8, 4) is 0 Å². The molecule has 0 aromatic heterocycles. The molecular weight excluding hydrogens is 1570 g/mol. The molecule has 22 aromatic carbocycles. The van der Waals surface area contributed by atoms with Crippen LogP contribution in [-0.4, -0.2) is 0 Å². The van der Waals surface area contributed by atoms with Crippen molar-refractivity contribution in [1.29, 1.82) is 0 Å². The minimum absolute atomic E-state index is 1.31. The average molecular weight is 1730 g/mol. The number of hydrogen-bond donors (Lipinski definition) is 0. The number of hydrogen-bond acceptors (Lipinski definition) is 0.